The SMILES string of the molecule is CC1=CC=C2NC(c3ccc(C)cc3)=C(Cn3cccn3)N2C1. The zero-order valence-electron chi connectivity index (χ0n) is 13.5. The van der Waals surface area contributed by atoms with Crippen LogP contribution in [0.4, 0.5) is 0 Å². The summed E-state index contributed by atoms with van der Waals surface area (Å²) in [5.74, 6) is 1.15. The van der Waals surface area contributed by atoms with Crippen LogP contribution in [0.2, 0.25) is 0 Å². The minimum atomic E-state index is 0.758. The van der Waals surface area contributed by atoms with Crippen LogP contribution in [0.5, 0.6) is 0 Å². The molecule has 0 fully saturated rings. The van der Waals surface area contributed by atoms with Gasteiger partial charge in [-0.2, -0.15) is 5.10 Å². The molecule has 3 heterocycles. The number of nitrogens with zero attached hydrogens (tertiary/aromatic N) is 3. The van der Waals surface area contributed by atoms with E-state index in [2.05, 4.69) is 65.6 Å². The van der Waals surface area contributed by atoms with Crippen molar-refractivity contribution in [3.63, 3.8) is 0 Å². The maximum atomic E-state index is 4.37. The van der Waals surface area contributed by atoms with Crippen molar-refractivity contribution < 1.29 is 0 Å². The molecule has 2 aliphatic rings. The van der Waals surface area contributed by atoms with Gasteiger partial charge in [-0.05, 0) is 31.6 Å². The highest BCUT2D eigenvalue weighted by Gasteiger charge is 2.29. The molecule has 0 radical (unpaired) electrons. The summed E-state index contributed by atoms with van der Waals surface area (Å²) < 4.78 is 1.97. The molecule has 1 aromatic heterocycles. The third-order valence-electron chi connectivity index (χ3n) is 4.30. The monoisotopic (exact) mass is 304 g/mol. The number of hydrogen-bond donors (Lipinski definition) is 1. The van der Waals surface area contributed by atoms with Crippen LogP contribution in [0, 0.1) is 6.92 Å². The quantitative estimate of drug-likeness (QED) is 0.945. The van der Waals surface area contributed by atoms with E-state index in [1.807, 2.05) is 23.1 Å². The van der Waals surface area contributed by atoms with Crippen LogP contribution >= 0.6 is 0 Å². The van der Waals surface area contributed by atoms with Crippen LogP contribution in [0.25, 0.3) is 5.70 Å². The summed E-state index contributed by atoms with van der Waals surface area (Å²) >= 11 is 0. The maximum absolute atomic E-state index is 4.37. The molecular formula is C19H20N4. The molecule has 2 aromatic rings. The predicted octanol–water partition coefficient (Wildman–Crippen LogP) is 3.27. The first kappa shape index (κ1) is 13.9. The van der Waals surface area contributed by atoms with E-state index in [0.29, 0.717) is 0 Å². The van der Waals surface area contributed by atoms with Crippen LogP contribution < -0.4 is 5.32 Å². The molecule has 1 N–H and O–H groups in total. The molecule has 2 aliphatic heterocycles. The number of aromatic nitrogens is 2. The second-order valence-electron chi connectivity index (χ2n) is 6.17. The fraction of sp³-hybridized carbons (Fsp3) is 0.211. The number of nitrogens with one attached hydrogen (secondary N) is 1. The molecule has 0 aliphatic carbocycles. The number of hydrogen-bond acceptors (Lipinski definition) is 3. The summed E-state index contributed by atoms with van der Waals surface area (Å²) in [6, 6.07) is 10.6. The fourth-order valence-corrected chi connectivity index (χ4v) is 3.05. The van der Waals surface area contributed by atoms with Gasteiger partial charge in [-0.3, -0.25) is 4.68 Å². The molecule has 0 amide bonds. The summed E-state index contributed by atoms with van der Waals surface area (Å²) in [6.45, 7) is 5.96. The van der Waals surface area contributed by atoms with Crippen LogP contribution in [0.1, 0.15) is 18.1 Å². The van der Waals surface area contributed by atoms with Crippen LogP contribution in [0.15, 0.2) is 72.0 Å². The van der Waals surface area contributed by atoms with E-state index in [-0.39, 0.29) is 0 Å². The molecule has 0 saturated carbocycles. The van der Waals surface area contributed by atoms with Gasteiger partial charge in [-0.25, -0.2) is 0 Å². The molecule has 0 bridgehead atoms. The molecular weight excluding hydrogens is 284 g/mol. The van der Waals surface area contributed by atoms with E-state index in [1.54, 1.807) is 0 Å². The molecule has 4 rings (SSSR count). The third kappa shape index (κ3) is 2.57. The van der Waals surface area contributed by atoms with Crippen molar-refractivity contribution in [2.45, 2.75) is 20.4 Å². The van der Waals surface area contributed by atoms with Gasteiger partial charge in [0.15, 0.2) is 0 Å². The predicted molar refractivity (Wildman–Crippen MR) is 92.0 cm³/mol. The lowest BCUT2D eigenvalue weighted by molar-refractivity contribution is 0.427. The Morgan fingerprint density at radius 3 is 2.70 bits per heavy atom. The molecule has 4 heteroatoms. The minimum absolute atomic E-state index is 0.758. The Kier molecular flexibility index (Phi) is 3.30. The summed E-state index contributed by atoms with van der Waals surface area (Å²) in [4.78, 5) is 2.35. The molecule has 0 unspecified atom stereocenters. The number of aryl methyl sites for hydroxylation is 1. The summed E-state index contributed by atoms with van der Waals surface area (Å²) in [5, 5.41) is 7.97. The Labute approximate surface area is 136 Å². The van der Waals surface area contributed by atoms with Gasteiger partial charge < -0.3 is 10.2 Å². The second-order valence-corrected chi connectivity index (χ2v) is 6.17. The van der Waals surface area contributed by atoms with E-state index >= 15 is 0 Å². The fourth-order valence-electron chi connectivity index (χ4n) is 3.05. The van der Waals surface area contributed by atoms with Crippen molar-refractivity contribution in [1.29, 1.82) is 0 Å². The molecule has 116 valence electrons. The number of benzene rings is 1. The second kappa shape index (κ2) is 5.47. The lowest BCUT2D eigenvalue weighted by Crippen LogP contribution is -2.27. The van der Waals surface area contributed by atoms with Gasteiger partial charge in [0.1, 0.15) is 5.82 Å². The molecule has 23 heavy (non-hydrogen) atoms. The van der Waals surface area contributed by atoms with Gasteiger partial charge in [0.05, 0.1) is 17.9 Å². The minimum Gasteiger partial charge on any atom is -0.340 e. The normalized spacial score (nSPS) is 16.9. The number of fused-ring (bicyclic) bond motifs is 1. The summed E-state index contributed by atoms with van der Waals surface area (Å²) in [5.41, 5.74) is 6.28. The van der Waals surface area contributed by atoms with Crippen molar-refractivity contribution in [2.24, 2.45) is 0 Å². The zero-order valence-corrected chi connectivity index (χ0v) is 13.5. The molecule has 1 aromatic carbocycles. The average Bonchev–Trinajstić information content (AvgIpc) is 3.17. The first-order chi connectivity index (χ1) is 11.2. The van der Waals surface area contributed by atoms with E-state index in [9.17, 15) is 0 Å². The third-order valence-corrected chi connectivity index (χ3v) is 4.30. The van der Waals surface area contributed by atoms with Gasteiger partial charge in [-0.1, -0.05) is 41.5 Å². The Morgan fingerprint density at radius 2 is 1.96 bits per heavy atom. The summed E-state index contributed by atoms with van der Waals surface area (Å²) in [7, 11) is 0. The first-order valence-electron chi connectivity index (χ1n) is 7.90. The molecule has 0 saturated heterocycles. The maximum Gasteiger partial charge on any atom is 0.110 e. The van der Waals surface area contributed by atoms with Gasteiger partial charge in [0.25, 0.3) is 0 Å². The largest absolute Gasteiger partial charge is 0.340 e. The van der Waals surface area contributed by atoms with Crippen LogP contribution in [0.3, 0.4) is 0 Å². The lowest BCUT2D eigenvalue weighted by atomic mass is 10.1. The summed E-state index contributed by atoms with van der Waals surface area (Å²) in [6.07, 6.45) is 8.17. The first-order valence-corrected chi connectivity index (χ1v) is 7.90. The Morgan fingerprint density at radius 1 is 1.13 bits per heavy atom. The Hall–Kier alpha value is -2.75. The van der Waals surface area contributed by atoms with Crippen molar-refractivity contribution in [2.75, 3.05) is 6.54 Å². The van der Waals surface area contributed by atoms with Gasteiger partial charge in [0.2, 0.25) is 0 Å². The van der Waals surface area contributed by atoms with Crippen molar-refractivity contribution >= 4 is 5.70 Å². The number of rotatable bonds is 3. The van der Waals surface area contributed by atoms with Gasteiger partial charge in [0, 0.05) is 18.9 Å². The topological polar surface area (TPSA) is 33.1 Å². The number of allylic oxidation sites excluding steroid dienone is 3. The highest BCUT2D eigenvalue weighted by Crippen LogP contribution is 2.33. The zero-order chi connectivity index (χ0) is 15.8. The van der Waals surface area contributed by atoms with Crippen molar-refractivity contribution in [1.82, 2.24) is 20.0 Å². The Bertz CT molecular complexity index is 808. The molecule has 0 atom stereocenters. The highest BCUT2D eigenvalue weighted by atomic mass is 15.3. The van der Waals surface area contributed by atoms with Gasteiger partial charge >= 0.3 is 0 Å². The smallest absolute Gasteiger partial charge is 0.110 e. The van der Waals surface area contributed by atoms with Crippen molar-refractivity contribution in [3.05, 3.63) is 83.1 Å². The Balaban J connectivity index is 1.77. The molecule has 4 nitrogen and oxygen atoms in total. The average molecular weight is 304 g/mol. The van der Waals surface area contributed by atoms with E-state index < -0.39 is 0 Å². The highest BCUT2D eigenvalue weighted by molar-refractivity contribution is 5.72. The van der Waals surface area contributed by atoms with E-state index in [0.717, 1.165) is 18.9 Å². The molecule has 0 spiro atoms. The van der Waals surface area contributed by atoms with E-state index in [4.69, 9.17) is 0 Å². The van der Waals surface area contributed by atoms with Gasteiger partial charge in [-0.15, -0.1) is 0 Å². The van der Waals surface area contributed by atoms with Crippen molar-refractivity contribution in [3.8, 4) is 0 Å². The lowest BCUT2D eigenvalue weighted by Gasteiger charge is -2.26. The van der Waals surface area contributed by atoms with Crippen LogP contribution in [-0.2, 0) is 6.54 Å². The van der Waals surface area contributed by atoms with E-state index in [1.165, 1.54) is 28.1 Å². The standard InChI is InChI=1S/C19H20N4/c1-14-4-7-16(8-5-14)19-17(13-22-11-3-10-20-22)23-12-15(2)6-9-18(23)21-19/h3-11,21H,12-13H2,1-2H3. The van der Waals surface area contributed by atoms with Crippen LogP contribution in [-0.4, -0.2) is 21.2 Å².